The largest absolute Gasteiger partial charge is 0.496 e. The maximum absolute atomic E-state index is 5.46. The van der Waals surface area contributed by atoms with Gasteiger partial charge in [0, 0.05) is 6.04 Å². The van der Waals surface area contributed by atoms with Crippen LogP contribution in [0.1, 0.15) is 43.7 Å². The highest BCUT2D eigenvalue weighted by Crippen LogP contribution is 2.36. The van der Waals surface area contributed by atoms with Crippen LogP contribution in [0, 0.1) is 0 Å². The van der Waals surface area contributed by atoms with Gasteiger partial charge in [0.1, 0.15) is 5.75 Å². The molecular weight excluding hydrogens is 246 g/mol. The molecule has 0 aromatic heterocycles. The molecule has 1 N–H and O–H groups in total. The number of ether oxygens (including phenoxy) is 1. The molecule has 1 aromatic rings. The number of halogens is 1. The molecule has 0 saturated heterocycles. The molecule has 2 nitrogen and oxygen atoms in total. The number of rotatable bonds is 4. The highest BCUT2D eigenvalue weighted by Gasteiger charge is 2.27. The maximum atomic E-state index is 5.46. The standard InChI is InChI=1S/C15H23NO.ClH/c1-4-10-16-14-9-8-13-12(11(14)2)6-5-7-15(13)17-3;/h5-7,11,14,16H,4,8-10H2,1-3H3;1H. The smallest absolute Gasteiger partial charge is 0.122 e. The maximum Gasteiger partial charge on any atom is 0.122 e. The van der Waals surface area contributed by atoms with Gasteiger partial charge in [0.05, 0.1) is 7.11 Å². The summed E-state index contributed by atoms with van der Waals surface area (Å²) in [6.07, 6.45) is 3.55. The molecule has 2 rings (SSSR count). The molecule has 0 aliphatic heterocycles. The molecule has 1 aromatic carbocycles. The average Bonchev–Trinajstić information content (AvgIpc) is 2.37. The van der Waals surface area contributed by atoms with Crippen molar-refractivity contribution in [3.8, 4) is 5.75 Å². The Morgan fingerprint density at radius 1 is 1.39 bits per heavy atom. The Bertz CT molecular complexity index is 381. The van der Waals surface area contributed by atoms with Crippen LogP contribution in [0.4, 0.5) is 0 Å². The minimum atomic E-state index is 0. The molecule has 0 radical (unpaired) electrons. The molecule has 102 valence electrons. The van der Waals surface area contributed by atoms with E-state index in [0.29, 0.717) is 12.0 Å². The van der Waals surface area contributed by atoms with Gasteiger partial charge in [0.2, 0.25) is 0 Å². The van der Waals surface area contributed by atoms with E-state index in [1.165, 1.54) is 24.0 Å². The first-order valence-electron chi connectivity index (χ1n) is 6.67. The van der Waals surface area contributed by atoms with Crippen molar-refractivity contribution in [3.63, 3.8) is 0 Å². The van der Waals surface area contributed by atoms with E-state index in [1.54, 1.807) is 7.11 Å². The third-order valence-electron chi connectivity index (χ3n) is 3.85. The number of nitrogens with one attached hydrogen (secondary N) is 1. The zero-order chi connectivity index (χ0) is 12.3. The van der Waals surface area contributed by atoms with Gasteiger partial charge in [-0.3, -0.25) is 0 Å². The van der Waals surface area contributed by atoms with Crippen molar-refractivity contribution in [1.29, 1.82) is 0 Å². The minimum absolute atomic E-state index is 0. The summed E-state index contributed by atoms with van der Waals surface area (Å²) in [7, 11) is 1.77. The first-order chi connectivity index (χ1) is 8.27. The number of fused-ring (bicyclic) bond motifs is 1. The van der Waals surface area contributed by atoms with Crippen molar-refractivity contribution in [1.82, 2.24) is 5.32 Å². The molecule has 0 saturated carbocycles. The molecule has 0 amide bonds. The van der Waals surface area contributed by atoms with E-state index in [0.717, 1.165) is 18.7 Å². The van der Waals surface area contributed by atoms with Crippen LogP contribution in [0.2, 0.25) is 0 Å². The van der Waals surface area contributed by atoms with Gasteiger partial charge in [-0.15, -0.1) is 12.4 Å². The van der Waals surface area contributed by atoms with E-state index < -0.39 is 0 Å². The predicted octanol–water partition coefficient (Wildman–Crippen LogP) is 3.53. The third kappa shape index (κ3) is 2.99. The lowest BCUT2D eigenvalue weighted by molar-refractivity contribution is 0.378. The molecule has 0 heterocycles. The van der Waals surface area contributed by atoms with Gasteiger partial charge in [-0.1, -0.05) is 26.0 Å². The zero-order valence-corrected chi connectivity index (χ0v) is 12.3. The highest BCUT2D eigenvalue weighted by atomic mass is 35.5. The second-order valence-corrected chi connectivity index (χ2v) is 4.92. The lowest BCUT2D eigenvalue weighted by Crippen LogP contribution is -2.37. The van der Waals surface area contributed by atoms with Crippen LogP contribution in [-0.2, 0) is 6.42 Å². The number of hydrogen-bond acceptors (Lipinski definition) is 2. The quantitative estimate of drug-likeness (QED) is 0.903. The van der Waals surface area contributed by atoms with E-state index in [4.69, 9.17) is 4.74 Å². The fraction of sp³-hybridized carbons (Fsp3) is 0.600. The summed E-state index contributed by atoms with van der Waals surface area (Å²) in [4.78, 5) is 0. The molecule has 2 unspecified atom stereocenters. The van der Waals surface area contributed by atoms with E-state index in [1.807, 2.05) is 0 Å². The predicted molar refractivity (Wildman–Crippen MR) is 79.1 cm³/mol. The highest BCUT2D eigenvalue weighted by molar-refractivity contribution is 5.85. The molecule has 1 aliphatic carbocycles. The summed E-state index contributed by atoms with van der Waals surface area (Å²) >= 11 is 0. The number of hydrogen-bond donors (Lipinski definition) is 1. The monoisotopic (exact) mass is 269 g/mol. The first-order valence-corrected chi connectivity index (χ1v) is 6.67. The second kappa shape index (κ2) is 7.01. The third-order valence-corrected chi connectivity index (χ3v) is 3.85. The molecule has 0 spiro atoms. The molecule has 1 aliphatic rings. The molecule has 18 heavy (non-hydrogen) atoms. The van der Waals surface area contributed by atoms with Gasteiger partial charge in [-0.25, -0.2) is 0 Å². The summed E-state index contributed by atoms with van der Waals surface area (Å²) in [5.74, 6) is 1.64. The van der Waals surface area contributed by atoms with Crippen LogP contribution in [0.15, 0.2) is 18.2 Å². The van der Waals surface area contributed by atoms with Crippen LogP contribution in [0.3, 0.4) is 0 Å². The van der Waals surface area contributed by atoms with Gasteiger partial charge in [0.25, 0.3) is 0 Å². The summed E-state index contributed by atoms with van der Waals surface area (Å²) in [6.45, 7) is 5.66. The average molecular weight is 270 g/mol. The van der Waals surface area contributed by atoms with Crippen molar-refractivity contribution >= 4 is 12.4 Å². The summed E-state index contributed by atoms with van der Waals surface area (Å²) < 4.78 is 5.46. The van der Waals surface area contributed by atoms with Gasteiger partial charge >= 0.3 is 0 Å². The van der Waals surface area contributed by atoms with Crippen LogP contribution in [-0.4, -0.2) is 19.7 Å². The molecule has 2 atom stereocenters. The topological polar surface area (TPSA) is 21.3 Å². The normalized spacial score (nSPS) is 21.9. The van der Waals surface area contributed by atoms with E-state index in [2.05, 4.69) is 37.4 Å². The second-order valence-electron chi connectivity index (χ2n) is 4.92. The van der Waals surface area contributed by atoms with Crippen molar-refractivity contribution in [2.75, 3.05) is 13.7 Å². The van der Waals surface area contributed by atoms with Crippen LogP contribution in [0.25, 0.3) is 0 Å². The zero-order valence-electron chi connectivity index (χ0n) is 11.5. The Kier molecular flexibility index (Phi) is 5.97. The molecular formula is C15H24ClNO. The fourth-order valence-electron chi connectivity index (χ4n) is 2.84. The van der Waals surface area contributed by atoms with E-state index in [-0.39, 0.29) is 12.4 Å². The number of benzene rings is 1. The van der Waals surface area contributed by atoms with Gasteiger partial charge in [-0.05, 0) is 48.9 Å². The number of methoxy groups -OCH3 is 1. The summed E-state index contributed by atoms with van der Waals surface area (Å²) in [6, 6.07) is 7.05. The van der Waals surface area contributed by atoms with Crippen LogP contribution in [0.5, 0.6) is 5.75 Å². The Hall–Kier alpha value is -0.730. The van der Waals surface area contributed by atoms with Gasteiger partial charge in [-0.2, -0.15) is 0 Å². The molecule has 0 bridgehead atoms. The van der Waals surface area contributed by atoms with Crippen LogP contribution < -0.4 is 10.1 Å². The van der Waals surface area contributed by atoms with Crippen LogP contribution >= 0.6 is 12.4 Å². The van der Waals surface area contributed by atoms with E-state index in [9.17, 15) is 0 Å². The Labute approximate surface area is 117 Å². The lowest BCUT2D eigenvalue weighted by atomic mass is 9.80. The van der Waals surface area contributed by atoms with Crippen molar-refractivity contribution in [2.45, 2.75) is 45.1 Å². The van der Waals surface area contributed by atoms with E-state index >= 15 is 0 Å². The Balaban J connectivity index is 0.00000162. The SMILES string of the molecule is CCCNC1CCc2c(OC)cccc2C1C.Cl. The summed E-state index contributed by atoms with van der Waals surface area (Å²) in [5.41, 5.74) is 2.88. The Morgan fingerprint density at radius 2 is 2.17 bits per heavy atom. The molecule has 3 heteroatoms. The van der Waals surface area contributed by atoms with Gasteiger partial charge < -0.3 is 10.1 Å². The van der Waals surface area contributed by atoms with Crippen molar-refractivity contribution < 1.29 is 4.74 Å². The van der Waals surface area contributed by atoms with Crippen molar-refractivity contribution in [3.05, 3.63) is 29.3 Å². The molecule has 0 fully saturated rings. The first kappa shape index (κ1) is 15.3. The fourth-order valence-corrected chi connectivity index (χ4v) is 2.84. The minimum Gasteiger partial charge on any atom is -0.496 e. The Morgan fingerprint density at radius 3 is 2.83 bits per heavy atom. The lowest BCUT2D eigenvalue weighted by Gasteiger charge is -2.32. The van der Waals surface area contributed by atoms with Crippen molar-refractivity contribution in [2.24, 2.45) is 0 Å². The van der Waals surface area contributed by atoms with Gasteiger partial charge in [0.15, 0.2) is 0 Å². The summed E-state index contributed by atoms with van der Waals surface area (Å²) in [5, 5.41) is 3.66.